The van der Waals surface area contributed by atoms with Gasteiger partial charge in [0.15, 0.2) is 5.96 Å². The minimum atomic E-state index is 0.0943. The standard InChI is InChI=1S/C12H17N3O/c13-12(14)15-6-10(8-16)11(7-15)9-4-2-1-3-5-9/h1-5,10-11,16H,6-8H2,(H3,13,14). The summed E-state index contributed by atoms with van der Waals surface area (Å²) in [5.74, 6) is 0.540. The molecule has 2 atom stereocenters. The van der Waals surface area contributed by atoms with E-state index in [0.29, 0.717) is 6.54 Å². The Hall–Kier alpha value is -1.55. The maximum absolute atomic E-state index is 9.36. The van der Waals surface area contributed by atoms with Crippen LogP contribution in [0.3, 0.4) is 0 Å². The molecule has 0 aromatic heterocycles. The lowest BCUT2D eigenvalue weighted by atomic mass is 9.90. The third-order valence-electron chi connectivity index (χ3n) is 3.24. The number of aliphatic hydroxyl groups excluding tert-OH is 1. The lowest BCUT2D eigenvalue weighted by Gasteiger charge is -2.16. The van der Waals surface area contributed by atoms with Crippen molar-refractivity contribution in [3.8, 4) is 0 Å². The molecule has 0 saturated carbocycles. The van der Waals surface area contributed by atoms with Crippen LogP contribution in [-0.4, -0.2) is 35.7 Å². The van der Waals surface area contributed by atoms with E-state index in [1.54, 1.807) is 0 Å². The number of nitrogens with zero attached hydrogens (tertiary/aromatic N) is 1. The quantitative estimate of drug-likeness (QED) is 0.503. The van der Waals surface area contributed by atoms with Crippen LogP contribution >= 0.6 is 0 Å². The van der Waals surface area contributed by atoms with Gasteiger partial charge in [-0.2, -0.15) is 0 Å². The van der Waals surface area contributed by atoms with Gasteiger partial charge in [-0.05, 0) is 5.56 Å². The van der Waals surface area contributed by atoms with Gasteiger partial charge in [0.1, 0.15) is 0 Å². The van der Waals surface area contributed by atoms with Crippen molar-refractivity contribution in [1.82, 2.24) is 4.90 Å². The normalized spacial score (nSPS) is 24.7. The fourth-order valence-corrected chi connectivity index (χ4v) is 2.33. The van der Waals surface area contributed by atoms with Crippen LogP contribution in [-0.2, 0) is 0 Å². The summed E-state index contributed by atoms with van der Waals surface area (Å²) >= 11 is 0. The van der Waals surface area contributed by atoms with Gasteiger partial charge in [0.05, 0.1) is 0 Å². The Morgan fingerprint density at radius 2 is 2.06 bits per heavy atom. The monoisotopic (exact) mass is 219 g/mol. The number of hydrogen-bond acceptors (Lipinski definition) is 2. The first kappa shape index (κ1) is 11.0. The van der Waals surface area contributed by atoms with Crippen LogP contribution in [0.2, 0.25) is 0 Å². The van der Waals surface area contributed by atoms with Crippen LogP contribution in [0.5, 0.6) is 0 Å². The first-order valence-corrected chi connectivity index (χ1v) is 5.47. The average molecular weight is 219 g/mol. The molecule has 1 saturated heterocycles. The van der Waals surface area contributed by atoms with Gasteiger partial charge < -0.3 is 15.7 Å². The molecular formula is C12H17N3O. The van der Waals surface area contributed by atoms with E-state index in [4.69, 9.17) is 11.1 Å². The number of nitrogens with two attached hydrogens (primary N) is 1. The first-order valence-electron chi connectivity index (χ1n) is 5.47. The van der Waals surface area contributed by atoms with Gasteiger partial charge in [0.25, 0.3) is 0 Å². The molecule has 0 spiro atoms. The fraction of sp³-hybridized carbons (Fsp3) is 0.417. The van der Waals surface area contributed by atoms with E-state index < -0.39 is 0 Å². The molecule has 86 valence electrons. The van der Waals surface area contributed by atoms with E-state index >= 15 is 0 Å². The second-order valence-electron chi connectivity index (χ2n) is 4.25. The van der Waals surface area contributed by atoms with Crippen molar-refractivity contribution in [2.75, 3.05) is 19.7 Å². The summed E-state index contributed by atoms with van der Waals surface area (Å²) in [5, 5.41) is 16.8. The zero-order chi connectivity index (χ0) is 11.5. The maximum atomic E-state index is 9.36. The molecule has 1 aromatic rings. The third kappa shape index (κ3) is 2.02. The van der Waals surface area contributed by atoms with Crippen LogP contribution in [0, 0.1) is 11.3 Å². The molecule has 0 amide bonds. The topological polar surface area (TPSA) is 73.3 Å². The van der Waals surface area contributed by atoms with Gasteiger partial charge in [-0.25, -0.2) is 0 Å². The molecule has 4 nitrogen and oxygen atoms in total. The minimum absolute atomic E-state index is 0.0943. The summed E-state index contributed by atoms with van der Waals surface area (Å²) in [6, 6.07) is 10.1. The second kappa shape index (κ2) is 4.53. The number of guanidine groups is 1. The molecule has 0 bridgehead atoms. The zero-order valence-corrected chi connectivity index (χ0v) is 9.13. The van der Waals surface area contributed by atoms with Crippen LogP contribution in [0.4, 0.5) is 0 Å². The Labute approximate surface area is 95.2 Å². The van der Waals surface area contributed by atoms with Crippen molar-refractivity contribution in [1.29, 1.82) is 5.41 Å². The van der Waals surface area contributed by atoms with Gasteiger partial charge in [-0.3, -0.25) is 5.41 Å². The summed E-state index contributed by atoms with van der Waals surface area (Å²) in [7, 11) is 0. The Morgan fingerprint density at radius 3 is 2.62 bits per heavy atom. The van der Waals surface area contributed by atoms with Crippen LogP contribution in [0.15, 0.2) is 30.3 Å². The predicted molar refractivity (Wildman–Crippen MR) is 63.2 cm³/mol. The Morgan fingerprint density at radius 1 is 1.38 bits per heavy atom. The summed E-state index contributed by atoms with van der Waals surface area (Å²) in [4.78, 5) is 1.82. The molecule has 16 heavy (non-hydrogen) atoms. The lowest BCUT2D eigenvalue weighted by molar-refractivity contribution is 0.222. The second-order valence-corrected chi connectivity index (χ2v) is 4.25. The van der Waals surface area contributed by atoms with E-state index in [2.05, 4.69) is 12.1 Å². The summed E-state index contributed by atoms with van der Waals surface area (Å²) < 4.78 is 0. The number of hydrogen-bond donors (Lipinski definition) is 3. The summed E-state index contributed by atoms with van der Waals surface area (Å²) in [6.45, 7) is 1.54. The largest absolute Gasteiger partial charge is 0.396 e. The molecule has 1 aromatic carbocycles. The van der Waals surface area contributed by atoms with Crippen LogP contribution in [0.25, 0.3) is 0 Å². The fourth-order valence-electron chi connectivity index (χ4n) is 2.33. The van der Waals surface area contributed by atoms with E-state index in [1.807, 2.05) is 23.1 Å². The van der Waals surface area contributed by atoms with E-state index in [-0.39, 0.29) is 24.4 Å². The highest BCUT2D eigenvalue weighted by Gasteiger charge is 2.33. The first-order chi connectivity index (χ1) is 7.72. The van der Waals surface area contributed by atoms with E-state index in [1.165, 1.54) is 5.56 Å². The third-order valence-corrected chi connectivity index (χ3v) is 3.24. The molecule has 2 unspecified atom stereocenters. The summed E-state index contributed by atoms with van der Waals surface area (Å²) in [5.41, 5.74) is 6.70. The van der Waals surface area contributed by atoms with Gasteiger partial charge in [0, 0.05) is 31.5 Å². The van der Waals surface area contributed by atoms with Gasteiger partial charge >= 0.3 is 0 Å². The number of rotatable bonds is 2. The van der Waals surface area contributed by atoms with Crippen molar-refractivity contribution < 1.29 is 5.11 Å². The highest BCUT2D eigenvalue weighted by Crippen LogP contribution is 2.31. The van der Waals surface area contributed by atoms with Gasteiger partial charge in [-0.1, -0.05) is 30.3 Å². The Bertz CT molecular complexity index is 366. The highest BCUT2D eigenvalue weighted by molar-refractivity contribution is 5.75. The van der Waals surface area contributed by atoms with Gasteiger partial charge in [0.2, 0.25) is 0 Å². The molecule has 1 heterocycles. The molecule has 0 aliphatic carbocycles. The van der Waals surface area contributed by atoms with Crippen molar-refractivity contribution >= 4 is 5.96 Å². The molecular weight excluding hydrogens is 202 g/mol. The molecule has 4 heteroatoms. The molecule has 2 rings (SSSR count). The number of nitrogens with one attached hydrogen (secondary N) is 1. The Balaban J connectivity index is 2.18. The number of benzene rings is 1. The summed E-state index contributed by atoms with van der Waals surface area (Å²) in [6.07, 6.45) is 0. The smallest absolute Gasteiger partial charge is 0.188 e. The Kier molecular flexibility index (Phi) is 3.10. The average Bonchev–Trinajstić information content (AvgIpc) is 2.74. The van der Waals surface area contributed by atoms with Crippen LogP contribution in [0.1, 0.15) is 11.5 Å². The minimum Gasteiger partial charge on any atom is -0.396 e. The molecule has 1 aliphatic rings. The van der Waals surface area contributed by atoms with Crippen LogP contribution < -0.4 is 5.73 Å². The van der Waals surface area contributed by atoms with Crippen molar-refractivity contribution in [3.63, 3.8) is 0 Å². The molecule has 1 aliphatic heterocycles. The van der Waals surface area contributed by atoms with E-state index in [9.17, 15) is 5.11 Å². The highest BCUT2D eigenvalue weighted by atomic mass is 16.3. The predicted octanol–water partition coefficient (Wildman–Crippen LogP) is 0.588. The van der Waals surface area contributed by atoms with Crippen molar-refractivity contribution in [2.24, 2.45) is 11.7 Å². The number of aliphatic hydroxyl groups is 1. The van der Waals surface area contributed by atoms with Crippen molar-refractivity contribution in [2.45, 2.75) is 5.92 Å². The van der Waals surface area contributed by atoms with Crippen molar-refractivity contribution in [3.05, 3.63) is 35.9 Å². The molecule has 0 radical (unpaired) electrons. The molecule has 4 N–H and O–H groups in total. The van der Waals surface area contributed by atoms with Gasteiger partial charge in [-0.15, -0.1) is 0 Å². The lowest BCUT2D eigenvalue weighted by Crippen LogP contribution is -2.34. The zero-order valence-electron chi connectivity index (χ0n) is 9.13. The van der Waals surface area contributed by atoms with E-state index in [0.717, 1.165) is 6.54 Å². The molecule has 1 fully saturated rings. The number of likely N-dealkylation sites (tertiary alicyclic amines) is 1. The SMILES string of the molecule is N=C(N)N1CC(CO)C(c2ccccc2)C1. The maximum Gasteiger partial charge on any atom is 0.188 e.